The van der Waals surface area contributed by atoms with E-state index in [1.54, 1.807) is 26.1 Å². The van der Waals surface area contributed by atoms with E-state index in [2.05, 4.69) is 19.6 Å². The van der Waals surface area contributed by atoms with Gasteiger partial charge < -0.3 is 14.7 Å². The van der Waals surface area contributed by atoms with Gasteiger partial charge in [0.1, 0.15) is 17.8 Å². The summed E-state index contributed by atoms with van der Waals surface area (Å²) >= 11 is 0. The summed E-state index contributed by atoms with van der Waals surface area (Å²) in [6.07, 6.45) is 5.65. The average Bonchev–Trinajstić information content (AvgIpc) is 3.37. The van der Waals surface area contributed by atoms with E-state index < -0.39 is 38.7 Å². The van der Waals surface area contributed by atoms with E-state index in [0.717, 1.165) is 55.6 Å². The minimum absolute atomic E-state index is 0.00371. The minimum Gasteiger partial charge on any atom is -0.371 e. The molecular formula is C30H30F2N4O4S. The molecule has 11 heteroatoms. The van der Waals surface area contributed by atoms with Crippen molar-refractivity contribution in [2.75, 3.05) is 28.5 Å². The molecule has 8 nitrogen and oxygen atoms in total. The number of carbonyl (C=O) groups excluding carboxylic acids is 2. The second-order valence-corrected chi connectivity index (χ2v) is 12.5. The number of aromatic nitrogens is 2. The average molecular weight is 581 g/mol. The SMILES string of the molecule is CC(C)CS(=O)(=O)Nc1ccc(F)c(C(=O)c2c[nH]c3ncc(-c4ccc(N5CCC(C=O)CC5)cc4)cc23)c1F. The first-order chi connectivity index (χ1) is 19.6. The Morgan fingerprint density at radius 3 is 2.49 bits per heavy atom. The smallest absolute Gasteiger partial charge is 0.233 e. The predicted octanol–water partition coefficient (Wildman–Crippen LogP) is 5.55. The van der Waals surface area contributed by atoms with Crippen LogP contribution in [0.1, 0.15) is 42.6 Å². The minimum atomic E-state index is -3.91. The third-order valence-electron chi connectivity index (χ3n) is 7.21. The van der Waals surface area contributed by atoms with E-state index in [0.29, 0.717) is 16.6 Å². The van der Waals surface area contributed by atoms with Gasteiger partial charge in [-0.2, -0.15) is 0 Å². The molecule has 0 bridgehead atoms. The number of aldehydes is 1. The Morgan fingerprint density at radius 2 is 1.83 bits per heavy atom. The summed E-state index contributed by atoms with van der Waals surface area (Å²) in [4.78, 5) is 34.0. The van der Waals surface area contributed by atoms with Crippen molar-refractivity contribution in [2.24, 2.45) is 11.8 Å². The number of fused-ring (bicyclic) bond motifs is 1. The number of hydrogen-bond acceptors (Lipinski definition) is 6. The fourth-order valence-corrected chi connectivity index (χ4v) is 6.58. The first kappa shape index (κ1) is 28.4. The number of aromatic amines is 1. The van der Waals surface area contributed by atoms with Gasteiger partial charge in [0.05, 0.1) is 17.0 Å². The van der Waals surface area contributed by atoms with Crippen molar-refractivity contribution in [1.29, 1.82) is 0 Å². The van der Waals surface area contributed by atoms with Crippen LogP contribution in [0, 0.1) is 23.5 Å². The molecule has 3 heterocycles. The zero-order valence-corrected chi connectivity index (χ0v) is 23.5. The summed E-state index contributed by atoms with van der Waals surface area (Å²) in [5, 5.41) is 0.372. The number of sulfonamides is 1. The molecule has 0 radical (unpaired) electrons. The lowest BCUT2D eigenvalue weighted by Gasteiger charge is -2.31. The topological polar surface area (TPSA) is 112 Å². The van der Waals surface area contributed by atoms with Crippen LogP contribution in [0.5, 0.6) is 0 Å². The number of carbonyl (C=O) groups is 2. The molecule has 0 unspecified atom stereocenters. The molecule has 0 saturated carbocycles. The Kier molecular flexibility index (Phi) is 7.90. The second-order valence-electron chi connectivity index (χ2n) is 10.7. The zero-order chi connectivity index (χ0) is 29.3. The van der Waals surface area contributed by atoms with Crippen molar-refractivity contribution in [2.45, 2.75) is 26.7 Å². The van der Waals surface area contributed by atoms with Gasteiger partial charge >= 0.3 is 0 Å². The molecule has 5 rings (SSSR count). The van der Waals surface area contributed by atoms with Gasteiger partial charge in [-0.25, -0.2) is 22.2 Å². The molecule has 0 amide bonds. The number of hydrogen-bond donors (Lipinski definition) is 2. The maximum atomic E-state index is 15.4. The number of ketones is 1. The van der Waals surface area contributed by atoms with E-state index in [1.807, 2.05) is 24.3 Å². The first-order valence-electron chi connectivity index (χ1n) is 13.4. The van der Waals surface area contributed by atoms with Gasteiger partial charge in [-0.1, -0.05) is 26.0 Å². The lowest BCUT2D eigenvalue weighted by atomic mass is 9.97. The van der Waals surface area contributed by atoms with E-state index >= 15 is 4.39 Å². The number of anilines is 2. The third-order valence-corrected chi connectivity index (χ3v) is 8.85. The molecule has 0 spiro atoms. The monoisotopic (exact) mass is 580 g/mol. The van der Waals surface area contributed by atoms with Crippen molar-refractivity contribution in [1.82, 2.24) is 9.97 Å². The molecule has 2 aromatic carbocycles. The lowest BCUT2D eigenvalue weighted by Crippen LogP contribution is -2.33. The molecule has 0 aliphatic carbocycles. The van der Waals surface area contributed by atoms with Crippen LogP contribution in [0.3, 0.4) is 0 Å². The van der Waals surface area contributed by atoms with Crippen molar-refractivity contribution in [3.05, 3.63) is 77.6 Å². The number of pyridine rings is 1. The van der Waals surface area contributed by atoms with Gasteiger partial charge in [0.25, 0.3) is 0 Å². The van der Waals surface area contributed by atoms with Crippen LogP contribution in [0.2, 0.25) is 0 Å². The Bertz CT molecular complexity index is 1710. The molecule has 1 aliphatic heterocycles. The van der Waals surface area contributed by atoms with Crippen LogP contribution in [-0.4, -0.2) is 49.3 Å². The molecule has 41 heavy (non-hydrogen) atoms. The standard InChI is InChI=1S/C30H30F2N4O4S/c1-18(2)17-41(39,40)35-26-8-7-25(31)27(28(26)32)29(38)24-15-34-30-23(24)13-21(14-33-30)20-3-5-22(6-4-20)36-11-9-19(16-37)10-12-36/h3-8,13-16,18-19,35H,9-12,17H2,1-2H3,(H,33,34). The number of benzene rings is 2. The van der Waals surface area contributed by atoms with Gasteiger partial charge in [0, 0.05) is 53.6 Å². The molecular weight excluding hydrogens is 550 g/mol. The van der Waals surface area contributed by atoms with E-state index in [4.69, 9.17) is 0 Å². The summed E-state index contributed by atoms with van der Waals surface area (Å²) < 4.78 is 57.0. The Morgan fingerprint density at radius 1 is 1.12 bits per heavy atom. The summed E-state index contributed by atoms with van der Waals surface area (Å²) in [6.45, 7) is 5.00. The summed E-state index contributed by atoms with van der Waals surface area (Å²) in [6, 6.07) is 11.4. The van der Waals surface area contributed by atoms with E-state index in [1.165, 1.54) is 6.20 Å². The molecule has 214 valence electrons. The maximum absolute atomic E-state index is 15.4. The molecule has 2 aromatic heterocycles. The highest BCUT2D eigenvalue weighted by Gasteiger charge is 2.26. The van der Waals surface area contributed by atoms with Crippen LogP contribution >= 0.6 is 0 Å². The molecule has 4 aromatic rings. The van der Waals surface area contributed by atoms with Gasteiger partial charge in [-0.3, -0.25) is 9.52 Å². The van der Waals surface area contributed by atoms with Crippen molar-refractivity contribution >= 4 is 44.5 Å². The van der Waals surface area contributed by atoms with Gasteiger partial charge in [-0.05, 0) is 54.7 Å². The van der Waals surface area contributed by atoms with Gasteiger partial charge in [0.15, 0.2) is 5.82 Å². The normalized spacial score (nSPS) is 14.5. The number of halogens is 2. The molecule has 1 fully saturated rings. The summed E-state index contributed by atoms with van der Waals surface area (Å²) in [5.74, 6) is -3.70. The molecule has 0 atom stereocenters. The largest absolute Gasteiger partial charge is 0.371 e. The van der Waals surface area contributed by atoms with Gasteiger partial charge in [0.2, 0.25) is 15.8 Å². The number of H-pyrrole nitrogens is 1. The Hall–Kier alpha value is -4.12. The summed E-state index contributed by atoms with van der Waals surface area (Å²) in [7, 11) is -3.91. The van der Waals surface area contributed by atoms with Crippen LogP contribution in [0.25, 0.3) is 22.2 Å². The Balaban J connectivity index is 1.43. The van der Waals surface area contributed by atoms with Crippen molar-refractivity contribution in [3.8, 4) is 11.1 Å². The highest BCUT2D eigenvalue weighted by atomic mass is 32.2. The summed E-state index contributed by atoms with van der Waals surface area (Å²) in [5.41, 5.74) is 1.59. The highest BCUT2D eigenvalue weighted by molar-refractivity contribution is 7.92. The lowest BCUT2D eigenvalue weighted by molar-refractivity contribution is -0.111. The molecule has 1 saturated heterocycles. The number of nitrogens with zero attached hydrogens (tertiary/aromatic N) is 2. The fourth-order valence-electron chi connectivity index (χ4n) is 5.13. The quantitative estimate of drug-likeness (QED) is 0.198. The van der Waals surface area contributed by atoms with Crippen LogP contribution < -0.4 is 9.62 Å². The first-order valence-corrected chi connectivity index (χ1v) is 15.0. The molecule has 2 N–H and O–H groups in total. The van der Waals surface area contributed by atoms with E-state index in [9.17, 15) is 22.4 Å². The van der Waals surface area contributed by atoms with Crippen molar-refractivity contribution < 1.29 is 26.8 Å². The fraction of sp³-hybridized carbons (Fsp3) is 0.300. The third kappa shape index (κ3) is 6.00. The van der Waals surface area contributed by atoms with Crippen LogP contribution in [-0.2, 0) is 14.8 Å². The zero-order valence-electron chi connectivity index (χ0n) is 22.7. The van der Waals surface area contributed by atoms with Crippen molar-refractivity contribution in [3.63, 3.8) is 0 Å². The second kappa shape index (κ2) is 11.4. The highest BCUT2D eigenvalue weighted by Crippen LogP contribution is 2.31. The molecule has 1 aliphatic rings. The maximum Gasteiger partial charge on any atom is 0.233 e. The van der Waals surface area contributed by atoms with Crippen LogP contribution in [0.4, 0.5) is 20.2 Å². The number of nitrogens with one attached hydrogen (secondary N) is 2. The Labute approximate surface area is 236 Å². The van der Waals surface area contributed by atoms with E-state index in [-0.39, 0.29) is 23.2 Å². The predicted molar refractivity (Wildman–Crippen MR) is 155 cm³/mol. The van der Waals surface area contributed by atoms with Crippen LogP contribution in [0.15, 0.2) is 54.9 Å². The number of rotatable bonds is 9. The van der Waals surface area contributed by atoms with Gasteiger partial charge in [-0.15, -0.1) is 0 Å². The number of piperidine rings is 1.